The van der Waals surface area contributed by atoms with Crippen LogP contribution in [-0.2, 0) is 31.6 Å². The lowest BCUT2D eigenvalue weighted by molar-refractivity contribution is -0.163. The number of hydrogen-bond donors (Lipinski definition) is 2. The van der Waals surface area contributed by atoms with E-state index in [-0.39, 0.29) is 11.7 Å². The number of allylic oxidation sites excluding steroid dienone is 2. The van der Waals surface area contributed by atoms with Crippen molar-refractivity contribution >= 4 is 23.8 Å². The first-order valence-corrected chi connectivity index (χ1v) is 13.3. The maximum atomic E-state index is 13.4. The summed E-state index contributed by atoms with van der Waals surface area (Å²) < 4.78 is 12.2. The van der Waals surface area contributed by atoms with Crippen molar-refractivity contribution in [2.45, 2.75) is 105 Å². The second-order valence-corrected chi connectivity index (χ2v) is 11.6. The van der Waals surface area contributed by atoms with Crippen LogP contribution in [0.25, 0.3) is 0 Å². The van der Waals surface area contributed by atoms with Crippen molar-refractivity contribution in [3.8, 4) is 5.75 Å². The second-order valence-electron chi connectivity index (χ2n) is 11.6. The molecule has 0 aliphatic heterocycles. The molecule has 2 rings (SSSR count). The molecule has 0 fully saturated rings. The van der Waals surface area contributed by atoms with Gasteiger partial charge in [-0.05, 0) is 35.8 Å². The second kappa shape index (κ2) is 13.0. The van der Waals surface area contributed by atoms with E-state index in [0.29, 0.717) is 23.2 Å². The van der Waals surface area contributed by atoms with E-state index < -0.39 is 41.4 Å². The van der Waals surface area contributed by atoms with E-state index in [2.05, 4.69) is 30.2 Å². The van der Waals surface area contributed by atoms with Gasteiger partial charge in [-0.2, -0.15) is 0 Å². The lowest BCUT2D eigenvalue weighted by atomic mass is 9.78. The van der Waals surface area contributed by atoms with E-state index in [4.69, 9.17) is 9.47 Å². The lowest BCUT2D eigenvalue weighted by Crippen LogP contribution is -2.29. The number of phenolic OH excluding ortho intramolecular Hbond substituents is 1. The van der Waals surface area contributed by atoms with Crippen molar-refractivity contribution < 1.29 is 29.0 Å². The van der Waals surface area contributed by atoms with Gasteiger partial charge in [0.25, 0.3) is 6.29 Å². The number of aromatic hydroxyl groups is 1. The van der Waals surface area contributed by atoms with Crippen LogP contribution in [0.3, 0.4) is 0 Å². The summed E-state index contributed by atoms with van der Waals surface area (Å²) in [4.78, 5) is 42.0. The number of esters is 1. The van der Waals surface area contributed by atoms with Gasteiger partial charge in [0.1, 0.15) is 5.75 Å². The summed E-state index contributed by atoms with van der Waals surface area (Å²) in [6.07, 6.45) is 4.48. The number of imidazole rings is 1. The van der Waals surface area contributed by atoms with Gasteiger partial charge in [-0.25, -0.2) is 9.78 Å². The third kappa shape index (κ3) is 8.97. The minimum Gasteiger partial charge on any atom is -0.507 e. The molecule has 214 valence electrons. The number of carbonyl (C=O) groups is 3. The summed E-state index contributed by atoms with van der Waals surface area (Å²) in [7, 11) is 0. The van der Waals surface area contributed by atoms with E-state index in [1.54, 1.807) is 29.1 Å². The van der Waals surface area contributed by atoms with Crippen LogP contribution in [0.2, 0.25) is 0 Å². The molecule has 0 radical (unpaired) electrons. The molecule has 1 aromatic carbocycles. The number of aromatic nitrogens is 2. The summed E-state index contributed by atoms with van der Waals surface area (Å²) in [6, 6.07) is 3.28. The molecule has 0 saturated carbocycles. The number of anilines is 1. The first kappa shape index (κ1) is 31.6. The zero-order valence-electron chi connectivity index (χ0n) is 24.7. The number of nitrogens with zero attached hydrogens (tertiary/aromatic N) is 2. The molecule has 2 N–H and O–H groups in total. The van der Waals surface area contributed by atoms with Crippen LogP contribution in [-0.4, -0.2) is 38.8 Å². The van der Waals surface area contributed by atoms with E-state index in [1.807, 2.05) is 41.5 Å². The van der Waals surface area contributed by atoms with E-state index in [9.17, 15) is 19.5 Å². The standard InChI is InChI=1S/C30H43N3O6/c1-10-20(11-2)12-14-33-15-13-31-27(33)32-28(37)39-25(38-19(3)34)18-24(35)21-16-22(29(4,5)6)26(36)23(17-21)30(7,8)9/h12-13,15-17,25,36H,10-11,14,18H2,1-9H3,(H,31,32,37). The predicted molar refractivity (Wildman–Crippen MR) is 151 cm³/mol. The number of rotatable bonds is 10. The first-order chi connectivity index (χ1) is 18.1. The highest BCUT2D eigenvalue weighted by Gasteiger charge is 2.29. The number of carbonyl (C=O) groups excluding carboxylic acids is 3. The molecular weight excluding hydrogens is 498 g/mol. The van der Waals surface area contributed by atoms with Crippen LogP contribution in [0.5, 0.6) is 5.75 Å². The van der Waals surface area contributed by atoms with Crippen molar-refractivity contribution in [3.05, 3.63) is 52.9 Å². The van der Waals surface area contributed by atoms with Crippen LogP contribution in [0.15, 0.2) is 36.2 Å². The van der Waals surface area contributed by atoms with E-state index in [1.165, 1.54) is 12.5 Å². The Bertz CT molecular complexity index is 1170. The number of ketones is 1. The topological polar surface area (TPSA) is 120 Å². The quantitative estimate of drug-likeness (QED) is 0.150. The van der Waals surface area contributed by atoms with Crippen molar-refractivity contribution in [3.63, 3.8) is 0 Å². The Morgan fingerprint density at radius 3 is 2.08 bits per heavy atom. The van der Waals surface area contributed by atoms with Crippen molar-refractivity contribution in [1.82, 2.24) is 9.55 Å². The van der Waals surface area contributed by atoms with Crippen LogP contribution >= 0.6 is 0 Å². The number of amides is 1. The molecule has 1 unspecified atom stereocenters. The van der Waals surface area contributed by atoms with Crippen molar-refractivity contribution in [2.75, 3.05) is 5.32 Å². The highest BCUT2D eigenvalue weighted by atomic mass is 16.7. The van der Waals surface area contributed by atoms with Gasteiger partial charge >= 0.3 is 12.1 Å². The van der Waals surface area contributed by atoms with Gasteiger partial charge in [-0.3, -0.25) is 14.9 Å². The van der Waals surface area contributed by atoms with Gasteiger partial charge < -0.3 is 19.1 Å². The zero-order chi connectivity index (χ0) is 29.5. The molecule has 0 spiro atoms. The molecular formula is C30H43N3O6. The molecule has 39 heavy (non-hydrogen) atoms. The highest BCUT2D eigenvalue weighted by Crippen LogP contribution is 2.40. The Morgan fingerprint density at radius 1 is 1.03 bits per heavy atom. The molecule has 0 aliphatic carbocycles. The van der Waals surface area contributed by atoms with Crippen LogP contribution in [0.4, 0.5) is 10.7 Å². The maximum Gasteiger partial charge on any atom is 0.417 e. The minimum absolute atomic E-state index is 0.147. The minimum atomic E-state index is -1.45. The highest BCUT2D eigenvalue weighted by molar-refractivity contribution is 5.97. The number of ether oxygens (including phenoxy) is 2. The average Bonchev–Trinajstić information content (AvgIpc) is 3.24. The molecule has 0 saturated heterocycles. The van der Waals surface area contributed by atoms with Gasteiger partial charge in [0.2, 0.25) is 5.95 Å². The Labute approximate surface area is 231 Å². The van der Waals surface area contributed by atoms with Crippen LogP contribution < -0.4 is 5.32 Å². The average molecular weight is 542 g/mol. The smallest absolute Gasteiger partial charge is 0.417 e. The SMILES string of the molecule is CCC(=CCn1ccnc1NC(=O)OC(CC(=O)c1cc(C(C)(C)C)c(O)c(C(C)(C)C)c1)OC(C)=O)CC. The van der Waals surface area contributed by atoms with Gasteiger partial charge in [0.05, 0.1) is 6.42 Å². The Morgan fingerprint density at radius 2 is 1.59 bits per heavy atom. The maximum absolute atomic E-state index is 13.4. The Kier molecular flexibility index (Phi) is 10.5. The molecule has 9 heteroatoms. The molecule has 1 atom stereocenters. The molecule has 2 aromatic rings. The summed E-state index contributed by atoms with van der Waals surface area (Å²) >= 11 is 0. The van der Waals surface area contributed by atoms with Gasteiger partial charge in [0.15, 0.2) is 5.78 Å². The zero-order valence-corrected chi connectivity index (χ0v) is 24.7. The summed E-state index contributed by atoms with van der Waals surface area (Å²) in [5, 5.41) is 13.5. The van der Waals surface area contributed by atoms with E-state index >= 15 is 0 Å². The largest absolute Gasteiger partial charge is 0.507 e. The Balaban J connectivity index is 2.26. The van der Waals surface area contributed by atoms with Gasteiger partial charge in [0, 0.05) is 42.6 Å². The van der Waals surface area contributed by atoms with Crippen LogP contribution in [0, 0.1) is 0 Å². The fraction of sp³-hybridized carbons (Fsp3) is 0.533. The molecule has 1 aromatic heterocycles. The number of Topliss-reactive ketones (excluding diaryl/α,β-unsaturated/α-hetero) is 1. The fourth-order valence-electron chi connectivity index (χ4n) is 4.09. The number of benzene rings is 1. The molecule has 9 nitrogen and oxygen atoms in total. The van der Waals surface area contributed by atoms with Crippen molar-refractivity contribution in [2.24, 2.45) is 0 Å². The molecule has 1 amide bonds. The number of nitrogens with one attached hydrogen (secondary N) is 1. The van der Waals surface area contributed by atoms with Gasteiger partial charge in [-0.15, -0.1) is 0 Å². The third-order valence-corrected chi connectivity index (χ3v) is 6.35. The molecule has 0 bridgehead atoms. The summed E-state index contributed by atoms with van der Waals surface area (Å²) in [5.41, 5.74) is 1.99. The third-order valence-electron chi connectivity index (χ3n) is 6.35. The Hall–Kier alpha value is -3.62. The number of hydrogen-bond acceptors (Lipinski definition) is 7. The van der Waals surface area contributed by atoms with E-state index in [0.717, 1.165) is 12.8 Å². The predicted octanol–water partition coefficient (Wildman–Crippen LogP) is 6.64. The summed E-state index contributed by atoms with van der Waals surface area (Å²) in [5.74, 6) is -0.688. The normalized spacial score (nSPS) is 12.4. The first-order valence-electron chi connectivity index (χ1n) is 13.3. The van der Waals surface area contributed by atoms with Crippen molar-refractivity contribution in [1.29, 1.82) is 0 Å². The summed E-state index contributed by atoms with van der Waals surface area (Å²) in [6.45, 7) is 17.5. The molecule has 1 heterocycles. The monoisotopic (exact) mass is 541 g/mol. The van der Waals surface area contributed by atoms with Gasteiger partial charge in [-0.1, -0.05) is 67.0 Å². The fourth-order valence-corrected chi connectivity index (χ4v) is 4.09. The number of phenols is 1. The molecule has 0 aliphatic rings. The lowest BCUT2D eigenvalue weighted by Gasteiger charge is -2.28. The van der Waals surface area contributed by atoms with Crippen LogP contribution in [0.1, 0.15) is 103 Å².